The van der Waals surface area contributed by atoms with E-state index in [1.165, 1.54) is 11.4 Å². The van der Waals surface area contributed by atoms with Crippen molar-refractivity contribution in [3.05, 3.63) is 33.6 Å². The normalized spacial score (nSPS) is 12.8. The molecule has 5 N–H and O–H groups in total. The highest BCUT2D eigenvalue weighted by molar-refractivity contribution is 7.91. The molecule has 154 valence electrons. The zero-order chi connectivity index (χ0) is 21.1. The molecule has 0 aliphatic rings. The fourth-order valence-corrected chi connectivity index (χ4v) is 5.10. The summed E-state index contributed by atoms with van der Waals surface area (Å²) in [6.45, 7) is 3.10. The molecule has 0 radical (unpaired) electrons. The minimum atomic E-state index is -4.09. The van der Waals surface area contributed by atoms with Crippen LogP contribution >= 0.6 is 34.5 Å². The average molecular weight is 468 g/mol. The van der Waals surface area contributed by atoms with Gasteiger partial charge < -0.3 is 20.8 Å². The second kappa shape index (κ2) is 9.29. The Bertz CT molecular complexity index is 963. The van der Waals surface area contributed by atoms with Gasteiger partial charge in [-0.2, -0.15) is 0 Å². The largest absolute Gasteiger partial charge is 0.504 e. The fourth-order valence-electron chi connectivity index (χ4n) is 2.13. The number of hydrogen-bond donors (Lipinski definition) is 5. The lowest BCUT2D eigenvalue weighted by Gasteiger charge is -2.19. The van der Waals surface area contributed by atoms with Crippen LogP contribution in [0.15, 0.2) is 27.8 Å². The highest BCUT2D eigenvalue weighted by Crippen LogP contribution is 2.38. The van der Waals surface area contributed by atoms with Crippen LogP contribution in [0.5, 0.6) is 5.75 Å². The zero-order valence-electron chi connectivity index (χ0n) is 14.9. The van der Waals surface area contributed by atoms with Crippen LogP contribution in [-0.2, 0) is 10.0 Å². The lowest BCUT2D eigenvalue weighted by atomic mass is 10.1. The van der Waals surface area contributed by atoms with Gasteiger partial charge in [-0.05, 0) is 18.1 Å². The summed E-state index contributed by atoms with van der Waals surface area (Å²) in [7, 11) is -4.09. The Morgan fingerprint density at radius 2 is 1.86 bits per heavy atom. The molecule has 28 heavy (non-hydrogen) atoms. The first-order chi connectivity index (χ1) is 13.1. The molecule has 0 aliphatic heterocycles. The van der Waals surface area contributed by atoms with Crippen LogP contribution < -0.4 is 15.4 Å². The predicted molar refractivity (Wildman–Crippen MR) is 111 cm³/mol. The average Bonchev–Trinajstić information content (AvgIpc) is 2.98. The third-order valence-corrected chi connectivity index (χ3v) is 7.55. The number of urea groups is 1. The zero-order valence-corrected chi connectivity index (χ0v) is 18.0. The summed E-state index contributed by atoms with van der Waals surface area (Å²) in [6.07, 6.45) is 0. The van der Waals surface area contributed by atoms with Gasteiger partial charge in [0.05, 0.1) is 28.0 Å². The van der Waals surface area contributed by atoms with Gasteiger partial charge in [0.2, 0.25) is 0 Å². The number of aromatic hydroxyl groups is 1. The van der Waals surface area contributed by atoms with Crippen molar-refractivity contribution >= 4 is 62.0 Å². The summed E-state index contributed by atoms with van der Waals surface area (Å²) in [5.74, 6) is -0.766. The van der Waals surface area contributed by atoms with Gasteiger partial charge in [0.1, 0.15) is 0 Å². The molecule has 12 heteroatoms. The van der Waals surface area contributed by atoms with Crippen LogP contribution in [0.2, 0.25) is 10.0 Å². The van der Waals surface area contributed by atoms with Crippen LogP contribution in [0.1, 0.15) is 13.8 Å². The van der Waals surface area contributed by atoms with E-state index in [1.54, 1.807) is 26.0 Å². The van der Waals surface area contributed by atoms with Crippen molar-refractivity contribution in [2.75, 3.05) is 17.2 Å². The molecular formula is C16H19Cl2N3O5S2. The molecule has 2 amide bonds. The van der Waals surface area contributed by atoms with Crippen molar-refractivity contribution in [3.63, 3.8) is 0 Å². The lowest BCUT2D eigenvalue weighted by molar-refractivity contribution is 0.227. The third kappa shape index (κ3) is 5.28. The number of nitrogens with one attached hydrogen (secondary N) is 3. The van der Waals surface area contributed by atoms with E-state index in [-0.39, 0.29) is 31.5 Å². The van der Waals surface area contributed by atoms with Gasteiger partial charge in [-0.15, -0.1) is 11.3 Å². The van der Waals surface area contributed by atoms with Crippen molar-refractivity contribution in [1.82, 2.24) is 4.72 Å². The molecule has 0 aliphatic carbocycles. The number of amides is 2. The molecule has 0 fully saturated rings. The number of sulfonamides is 1. The smallest absolute Gasteiger partial charge is 0.323 e. The van der Waals surface area contributed by atoms with Crippen molar-refractivity contribution < 1.29 is 23.4 Å². The van der Waals surface area contributed by atoms with E-state index in [4.69, 9.17) is 23.2 Å². The van der Waals surface area contributed by atoms with Crippen LogP contribution in [0.4, 0.5) is 16.2 Å². The van der Waals surface area contributed by atoms with E-state index in [0.717, 1.165) is 11.3 Å². The maximum atomic E-state index is 12.5. The standard InChI is InChI=1S/C16H19Cl2N3O5S2/c1-8(2)11(6-22)21-28(25,26)15-14(23)12(7-27-15)20-16(24)19-10-5-3-4-9(17)13(10)18/h3-5,7-8,11,21-23H,6H2,1-2H3,(H2,19,20,24)/t11-/m0/s1. The van der Waals surface area contributed by atoms with Crippen molar-refractivity contribution in [3.8, 4) is 5.75 Å². The minimum absolute atomic E-state index is 0.0916. The number of hydrogen-bond acceptors (Lipinski definition) is 6. The van der Waals surface area contributed by atoms with Gasteiger partial charge in [-0.25, -0.2) is 17.9 Å². The number of aliphatic hydroxyl groups excluding tert-OH is 1. The summed E-state index contributed by atoms with van der Waals surface area (Å²) < 4.78 is 26.9. The molecule has 0 saturated carbocycles. The Morgan fingerprint density at radius 3 is 2.46 bits per heavy atom. The molecule has 1 aromatic carbocycles. The summed E-state index contributed by atoms with van der Waals surface area (Å²) in [5.41, 5.74) is 0.157. The predicted octanol–water partition coefficient (Wildman–Crippen LogP) is 3.70. The monoisotopic (exact) mass is 467 g/mol. The van der Waals surface area contributed by atoms with E-state index in [0.29, 0.717) is 0 Å². The fraction of sp³-hybridized carbons (Fsp3) is 0.312. The summed E-state index contributed by atoms with van der Waals surface area (Å²) in [5, 5.41) is 26.0. The van der Waals surface area contributed by atoms with Crippen molar-refractivity contribution in [2.45, 2.75) is 24.1 Å². The van der Waals surface area contributed by atoms with Gasteiger partial charge >= 0.3 is 6.03 Å². The molecule has 0 saturated heterocycles. The van der Waals surface area contributed by atoms with E-state index < -0.39 is 34.5 Å². The Morgan fingerprint density at radius 1 is 1.21 bits per heavy atom. The van der Waals surface area contributed by atoms with Gasteiger partial charge in [-0.1, -0.05) is 43.1 Å². The van der Waals surface area contributed by atoms with E-state index in [2.05, 4.69) is 15.4 Å². The van der Waals surface area contributed by atoms with Crippen molar-refractivity contribution in [1.29, 1.82) is 0 Å². The number of carbonyl (C=O) groups excluding carboxylic acids is 1. The lowest BCUT2D eigenvalue weighted by Crippen LogP contribution is -2.40. The van der Waals surface area contributed by atoms with Crippen LogP contribution in [0.25, 0.3) is 0 Å². The Kier molecular flexibility index (Phi) is 7.54. The molecule has 0 bridgehead atoms. The first-order valence-electron chi connectivity index (χ1n) is 8.02. The van der Waals surface area contributed by atoms with E-state index >= 15 is 0 Å². The van der Waals surface area contributed by atoms with Gasteiger partial charge in [0.15, 0.2) is 9.96 Å². The molecule has 2 rings (SSSR count). The van der Waals surface area contributed by atoms with Crippen molar-refractivity contribution in [2.24, 2.45) is 5.92 Å². The quantitative estimate of drug-likeness (QED) is 0.424. The number of benzene rings is 1. The number of carbonyl (C=O) groups is 1. The SMILES string of the molecule is CC(C)[C@H](CO)NS(=O)(=O)c1scc(NC(=O)Nc2cccc(Cl)c2Cl)c1O. The number of aliphatic hydroxyl groups is 1. The molecule has 1 heterocycles. The molecule has 1 aromatic heterocycles. The molecule has 1 atom stereocenters. The first kappa shape index (κ1) is 22.7. The van der Waals surface area contributed by atoms with Crippen LogP contribution in [0, 0.1) is 5.92 Å². The minimum Gasteiger partial charge on any atom is -0.504 e. The summed E-state index contributed by atoms with van der Waals surface area (Å²) in [4.78, 5) is 12.1. The topological polar surface area (TPSA) is 128 Å². The number of halogens is 2. The van der Waals surface area contributed by atoms with Crippen LogP contribution in [0.3, 0.4) is 0 Å². The third-order valence-electron chi connectivity index (χ3n) is 3.73. The molecule has 2 aromatic rings. The van der Waals surface area contributed by atoms with Gasteiger partial charge in [0, 0.05) is 11.4 Å². The Hall–Kier alpha value is -1.56. The summed E-state index contributed by atoms with van der Waals surface area (Å²) in [6, 6.07) is 3.22. The maximum absolute atomic E-state index is 12.5. The highest BCUT2D eigenvalue weighted by atomic mass is 35.5. The summed E-state index contributed by atoms with van der Waals surface area (Å²) >= 11 is 12.6. The van der Waals surface area contributed by atoms with Gasteiger partial charge in [-0.3, -0.25) is 0 Å². The molecule has 0 unspecified atom stereocenters. The first-order valence-corrected chi connectivity index (χ1v) is 11.1. The van der Waals surface area contributed by atoms with E-state index in [1.807, 2.05) is 0 Å². The molecular weight excluding hydrogens is 449 g/mol. The highest BCUT2D eigenvalue weighted by Gasteiger charge is 2.28. The number of rotatable bonds is 7. The molecule has 8 nitrogen and oxygen atoms in total. The second-order valence-corrected chi connectivity index (χ2v) is 9.69. The van der Waals surface area contributed by atoms with Crippen LogP contribution in [-0.4, -0.2) is 37.3 Å². The number of thiophene rings is 1. The Labute approximate surface area is 176 Å². The van der Waals surface area contributed by atoms with Gasteiger partial charge in [0.25, 0.3) is 10.0 Å². The Balaban J connectivity index is 2.16. The second-order valence-electron chi connectivity index (χ2n) is 6.12. The molecule has 0 spiro atoms. The van der Waals surface area contributed by atoms with E-state index in [9.17, 15) is 23.4 Å². The number of anilines is 2. The maximum Gasteiger partial charge on any atom is 0.323 e.